The number of nitrogens with zero attached hydrogens (tertiary/aromatic N) is 3. The van der Waals surface area contributed by atoms with Crippen molar-refractivity contribution in [1.82, 2.24) is 9.88 Å². The third kappa shape index (κ3) is 12.4. The molecule has 0 fully saturated rings. The zero-order valence-corrected chi connectivity index (χ0v) is 31.2. The zero-order chi connectivity index (χ0) is 35.1. The smallest absolute Gasteiger partial charge is 0.418 e. The van der Waals surface area contributed by atoms with Crippen molar-refractivity contribution in [2.75, 3.05) is 20.4 Å². The molecule has 0 N–H and O–H groups in total. The second kappa shape index (κ2) is 15.9. The van der Waals surface area contributed by atoms with E-state index in [1.54, 1.807) is 48.5 Å². The summed E-state index contributed by atoms with van der Waals surface area (Å²) in [5, 5.41) is 0.422. The molecular formula is C33H46ClF2N3O5SSi. The van der Waals surface area contributed by atoms with Crippen LogP contribution in [-0.4, -0.2) is 66.0 Å². The highest BCUT2D eigenvalue weighted by molar-refractivity contribution is 8.15. The second-order valence-corrected chi connectivity index (χ2v) is 21.6. The molecule has 1 aromatic carbocycles. The Balaban J connectivity index is 2.67. The number of halogens is 3. The van der Waals surface area contributed by atoms with Crippen LogP contribution in [0.15, 0.2) is 41.5 Å². The molecule has 0 aliphatic rings. The van der Waals surface area contributed by atoms with Crippen LogP contribution >= 0.6 is 23.4 Å². The summed E-state index contributed by atoms with van der Waals surface area (Å²) >= 11 is 6.84. The first-order valence-corrected chi connectivity index (χ1v) is 19.7. The van der Waals surface area contributed by atoms with Crippen LogP contribution in [-0.2, 0) is 24.5 Å². The van der Waals surface area contributed by atoms with E-state index in [1.807, 2.05) is 0 Å². The summed E-state index contributed by atoms with van der Waals surface area (Å²) in [7, 11) is -0.182. The van der Waals surface area contributed by atoms with Crippen LogP contribution in [0.5, 0.6) is 0 Å². The Hall–Kier alpha value is -2.80. The van der Waals surface area contributed by atoms with E-state index in [2.05, 4.69) is 24.6 Å². The molecule has 0 bridgehead atoms. The number of hydrogen-bond acceptors (Lipinski definition) is 8. The normalized spacial score (nSPS) is 13.4. The first-order valence-electron chi connectivity index (χ1n) is 14.8. The first kappa shape index (κ1) is 39.4. The topological polar surface area (TPSA) is 90.3 Å². The maximum absolute atomic E-state index is 15.5. The average molecular weight is 698 g/mol. The Labute approximate surface area is 282 Å². The molecule has 1 aromatic heterocycles. The van der Waals surface area contributed by atoms with Gasteiger partial charge in [-0.25, -0.2) is 18.5 Å². The predicted molar refractivity (Wildman–Crippen MR) is 186 cm³/mol. The molecule has 1 amide bonds. The number of carbonyl (C=O) groups excluding carboxylic acids is 2. The minimum absolute atomic E-state index is 0.0551. The summed E-state index contributed by atoms with van der Waals surface area (Å²) in [5.41, 5.74) is -1.63. The van der Waals surface area contributed by atoms with Crippen molar-refractivity contribution >= 4 is 60.6 Å². The Morgan fingerprint density at radius 3 is 2.28 bits per heavy atom. The van der Waals surface area contributed by atoms with Crippen molar-refractivity contribution in [3.63, 3.8) is 0 Å². The molecule has 1 heterocycles. The van der Waals surface area contributed by atoms with Crippen LogP contribution in [0.1, 0.15) is 65.3 Å². The summed E-state index contributed by atoms with van der Waals surface area (Å²) in [5.74, 6) is -1.79. The number of aromatic nitrogens is 1. The Morgan fingerprint density at radius 2 is 1.74 bits per heavy atom. The Morgan fingerprint density at radius 1 is 1.09 bits per heavy atom. The number of aliphatic imine (C=N–C) groups is 1. The fourth-order valence-corrected chi connectivity index (χ4v) is 5.83. The summed E-state index contributed by atoms with van der Waals surface area (Å²) in [6.07, 6.45) is 1.81. The van der Waals surface area contributed by atoms with Gasteiger partial charge in [-0.15, -0.1) is 0 Å². The van der Waals surface area contributed by atoms with Crippen LogP contribution in [0.25, 0.3) is 11.9 Å². The molecule has 254 valence electrons. The van der Waals surface area contributed by atoms with Gasteiger partial charge in [0.25, 0.3) is 0 Å². The molecule has 0 radical (unpaired) electrons. The van der Waals surface area contributed by atoms with Gasteiger partial charge < -0.3 is 14.2 Å². The molecule has 13 heteroatoms. The van der Waals surface area contributed by atoms with E-state index in [1.165, 1.54) is 54.6 Å². The van der Waals surface area contributed by atoms with E-state index in [0.717, 1.165) is 17.8 Å². The molecule has 0 saturated heterocycles. The van der Waals surface area contributed by atoms with Gasteiger partial charge in [0, 0.05) is 26.4 Å². The number of thioether (sulfide) groups is 1. The number of methoxy groups -OCH3 is 1. The van der Waals surface area contributed by atoms with Gasteiger partial charge in [0.1, 0.15) is 28.7 Å². The molecule has 0 spiro atoms. The lowest BCUT2D eigenvalue weighted by atomic mass is 9.92. The van der Waals surface area contributed by atoms with Crippen molar-refractivity contribution in [2.45, 2.75) is 90.0 Å². The lowest BCUT2D eigenvalue weighted by Gasteiger charge is -2.33. The van der Waals surface area contributed by atoms with E-state index < -0.39 is 47.7 Å². The van der Waals surface area contributed by atoms with Gasteiger partial charge in [-0.05, 0) is 90.4 Å². The molecular weight excluding hydrogens is 652 g/mol. The SMILES string of the molecule is COC(=O)C(C)(C)S/C(=N\C(C)(C)c1cc(/C=C(\F)c2ccc(Cl)cn2)ccc1F)N(COCC[Si](C)(C)C)C(=O)OC(C)(C)C. The number of carbonyl (C=O) groups is 2. The average Bonchev–Trinajstić information content (AvgIpc) is 2.91. The molecule has 2 rings (SSSR count). The summed E-state index contributed by atoms with van der Waals surface area (Å²) in [6, 6.07) is 7.94. The third-order valence-corrected chi connectivity index (χ3v) is 9.47. The van der Waals surface area contributed by atoms with E-state index in [9.17, 15) is 9.59 Å². The summed E-state index contributed by atoms with van der Waals surface area (Å²) < 4.78 is 46.0. The molecule has 0 atom stereocenters. The number of ether oxygens (including phenoxy) is 3. The highest BCUT2D eigenvalue weighted by Gasteiger charge is 2.38. The second-order valence-electron chi connectivity index (χ2n) is 13.9. The summed E-state index contributed by atoms with van der Waals surface area (Å²) in [4.78, 5) is 36.4. The fraction of sp³-hybridized carbons (Fsp3) is 0.515. The molecule has 46 heavy (non-hydrogen) atoms. The van der Waals surface area contributed by atoms with Gasteiger partial charge in [0.15, 0.2) is 5.17 Å². The van der Waals surface area contributed by atoms with Crippen LogP contribution in [0, 0.1) is 5.82 Å². The molecule has 2 aromatic rings. The largest absolute Gasteiger partial charge is 0.468 e. The highest BCUT2D eigenvalue weighted by atomic mass is 35.5. The van der Waals surface area contributed by atoms with Crippen LogP contribution in [0.3, 0.4) is 0 Å². The van der Waals surface area contributed by atoms with Crippen molar-refractivity contribution in [1.29, 1.82) is 0 Å². The van der Waals surface area contributed by atoms with Gasteiger partial charge in [0.05, 0.1) is 23.4 Å². The lowest BCUT2D eigenvalue weighted by Crippen LogP contribution is -2.44. The third-order valence-electron chi connectivity index (χ3n) is 6.38. The van der Waals surface area contributed by atoms with E-state index in [-0.39, 0.29) is 23.2 Å². The van der Waals surface area contributed by atoms with E-state index in [0.29, 0.717) is 17.2 Å². The maximum Gasteiger partial charge on any atom is 0.418 e. The number of hydrogen-bond donors (Lipinski definition) is 0. The number of pyridine rings is 1. The lowest BCUT2D eigenvalue weighted by molar-refractivity contribution is -0.142. The number of rotatable bonds is 11. The maximum atomic E-state index is 15.5. The van der Waals surface area contributed by atoms with E-state index in [4.69, 9.17) is 30.8 Å². The van der Waals surface area contributed by atoms with Gasteiger partial charge in [-0.1, -0.05) is 49.1 Å². The zero-order valence-electron chi connectivity index (χ0n) is 28.6. The Bertz CT molecular complexity index is 1440. The Kier molecular flexibility index (Phi) is 13.6. The molecule has 0 unspecified atom stereocenters. The van der Waals surface area contributed by atoms with E-state index >= 15 is 8.78 Å². The van der Waals surface area contributed by atoms with Gasteiger partial charge in [0.2, 0.25) is 0 Å². The first-order chi connectivity index (χ1) is 21.0. The fourth-order valence-electron chi connectivity index (χ4n) is 3.83. The summed E-state index contributed by atoms with van der Waals surface area (Å²) in [6.45, 7) is 18.6. The van der Waals surface area contributed by atoms with Crippen molar-refractivity contribution in [3.05, 3.63) is 64.2 Å². The molecule has 0 saturated carbocycles. The number of amidine groups is 1. The molecule has 0 aliphatic carbocycles. The van der Waals surface area contributed by atoms with Crippen LogP contribution in [0.2, 0.25) is 30.7 Å². The number of amides is 1. The predicted octanol–water partition coefficient (Wildman–Crippen LogP) is 9.17. The van der Waals surface area contributed by atoms with Crippen LogP contribution in [0.4, 0.5) is 13.6 Å². The van der Waals surface area contributed by atoms with Crippen molar-refractivity contribution < 1.29 is 32.6 Å². The molecule has 8 nitrogen and oxygen atoms in total. The monoisotopic (exact) mass is 697 g/mol. The minimum Gasteiger partial charge on any atom is -0.468 e. The van der Waals surface area contributed by atoms with Gasteiger partial charge in [-0.3, -0.25) is 14.8 Å². The van der Waals surface area contributed by atoms with Gasteiger partial charge >= 0.3 is 12.1 Å². The van der Waals surface area contributed by atoms with Crippen molar-refractivity contribution in [3.8, 4) is 0 Å². The number of esters is 1. The van der Waals surface area contributed by atoms with Crippen molar-refractivity contribution in [2.24, 2.45) is 4.99 Å². The number of benzene rings is 1. The van der Waals surface area contributed by atoms with Gasteiger partial charge in [-0.2, -0.15) is 0 Å². The van der Waals surface area contributed by atoms with Crippen LogP contribution < -0.4 is 0 Å². The quantitative estimate of drug-likeness (QED) is 0.0578. The standard InChI is InChI=1S/C33H46ClF2N3O5SSi/c1-31(2,3)44-30(41)39(21-43-16-17-46(9,10)11)29(45-33(6,7)28(40)42-8)38-32(4,5)24-18-22(12-14-25(24)35)19-26(36)27-15-13-23(34)20-37-27/h12-15,18-20H,16-17,21H2,1-11H3/b26-19-,38-29-. The minimum atomic E-state index is -1.45. The highest BCUT2D eigenvalue weighted by Crippen LogP contribution is 2.35. The molecule has 0 aliphatic heterocycles.